The second kappa shape index (κ2) is 6.60. The van der Waals surface area contributed by atoms with Crippen molar-refractivity contribution in [1.82, 2.24) is 0 Å². The van der Waals surface area contributed by atoms with Crippen LogP contribution < -0.4 is 16.4 Å². The van der Waals surface area contributed by atoms with Gasteiger partial charge < -0.3 is 21.1 Å². The first-order valence-corrected chi connectivity index (χ1v) is 7.12. The zero-order valence-corrected chi connectivity index (χ0v) is 13.0. The highest BCUT2D eigenvalue weighted by atomic mass is 32.1. The molecule has 1 rings (SSSR count). The topological polar surface area (TPSA) is 98.6 Å². The van der Waals surface area contributed by atoms with E-state index in [1.54, 1.807) is 0 Å². The summed E-state index contributed by atoms with van der Waals surface area (Å²) >= 11 is 1.12. The lowest BCUT2D eigenvalue weighted by Gasteiger charge is -2.19. The van der Waals surface area contributed by atoms with Crippen molar-refractivity contribution in [2.24, 2.45) is 11.7 Å². The molecule has 0 radical (unpaired) electrons. The molecular weight excluding hydrogens is 278 g/mol. The van der Waals surface area contributed by atoms with Gasteiger partial charge in [0.1, 0.15) is 15.4 Å². The van der Waals surface area contributed by atoms with Crippen molar-refractivity contribution < 1.29 is 14.3 Å². The molecule has 0 spiro atoms. The van der Waals surface area contributed by atoms with Crippen LogP contribution in [0.25, 0.3) is 0 Å². The maximum Gasteiger partial charge on any atom is 0.343 e. The predicted octanol–water partition coefficient (Wildman–Crippen LogP) is 1.70. The van der Waals surface area contributed by atoms with Crippen LogP contribution in [0.1, 0.15) is 40.3 Å². The molecule has 0 saturated heterocycles. The summed E-state index contributed by atoms with van der Waals surface area (Å²) in [6.45, 7) is 4.99. The minimum Gasteiger partial charge on any atom is -0.465 e. The molecule has 0 aliphatic heterocycles. The van der Waals surface area contributed by atoms with Crippen molar-refractivity contribution in [3.63, 3.8) is 0 Å². The van der Waals surface area contributed by atoms with E-state index in [4.69, 9.17) is 16.2 Å². The van der Waals surface area contributed by atoms with Gasteiger partial charge in [0.05, 0.1) is 12.8 Å². The number of ether oxygens (including phenoxy) is 1. The molecule has 1 heterocycles. The Kier molecular flexibility index (Phi) is 5.38. The van der Waals surface area contributed by atoms with Crippen LogP contribution in [0.2, 0.25) is 0 Å². The first kappa shape index (κ1) is 16.3. The Labute approximate surface area is 122 Å². The lowest BCUT2D eigenvalue weighted by molar-refractivity contribution is 0.0603. The van der Waals surface area contributed by atoms with Crippen LogP contribution in [0.5, 0.6) is 0 Å². The normalized spacial score (nSPS) is 10.7. The molecule has 6 nitrogen and oxygen atoms in total. The van der Waals surface area contributed by atoms with Crippen LogP contribution >= 0.6 is 11.3 Å². The number of nitrogens with two attached hydrogens (primary N) is 2. The molecule has 7 heteroatoms. The van der Waals surface area contributed by atoms with Gasteiger partial charge in [-0.25, -0.2) is 4.79 Å². The van der Waals surface area contributed by atoms with Crippen LogP contribution in [-0.4, -0.2) is 32.6 Å². The minimum atomic E-state index is -0.638. The molecule has 0 fully saturated rings. The van der Waals surface area contributed by atoms with Crippen LogP contribution in [0.3, 0.4) is 0 Å². The number of amides is 1. The Bertz CT molecular complexity index is 511. The Morgan fingerprint density at radius 2 is 2.00 bits per heavy atom. The number of hydrogen-bond acceptors (Lipinski definition) is 6. The standard InChI is InChI=1S/C13H21N3O3S/c1-7(2)5-6-16(3)12-8(13(18)19-4)9(14)10(20-12)11(15)17/h7H,5-6,14H2,1-4H3,(H2,15,17). The predicted molar refractivity (Wildman–Crippen MR) is 81.3 cm³/mol. The van der Waals surface area contributed by atoms with Gasteiger partial charge in [-0.05, 0) is 12.3 Å². The fourth-order valence-corrected chi connectivity index (χ4v) is 2.78. The Balaban J connectivity index is 3.19. The average Bonchev–Trinajstić information content (AvgIpc) is 2.72. The van der Waals surface area contributed by atoms with Gasteiger partial charge in [0.15, 0.2) is 0 Å². The molecule has 0 atom stereocenters. The van der Waals surface area contributed by atoms with Gasteiger partial charge in [0, 0.05) is 13.6 Å². The smallest absolute Gasteiger partial charge is 0.343 e. The number of nitrogens with zero attached hydrogens (tertiary/aromatic N) is 1. The van der Waals surface area contributed by atoms with E-state index in [1.807, 2.05) is 11.9 Å². The van der Waals surface area contributed by atoms with Gasteiger partial charge in [0.25, 0.3) is 5.91 Å². The molecule has 0 aliphatic carbocycles. The summed E-state index contributed by atoms with van der Waals surface area (Å²) in [4.78, 5) is 25.3. The van der Waals surface area contributed by atoms with E-state index in [2.05, 4.69) is 13.8 Å². The molecule has 1 aromatic rings. The zero-order valence-electron chi connectivity index (χ0n) is 12.2. The van der Waals surface area contributed by atoms with Crippen molar-refractivity contribution in [1.29, 1.82) is 0 Å². The molecule has 0 saturated carbocycles. The maximum atomic E-state index is 11.9. The average molecular weight is 299 g/mol. The van der Waals surface area contributed by atoms with Gasteiger partial charge in [-0.3, -0.25) is 4.79 Å². The van der Waals surface area contributed by atoms with E-state index in [9.17, 15) is 9.59 Å². The second-order valence-electron chi connectivity index (χ2n) is 4.98. The van der Waals surface area contributed by atoms with Gasteiger partial charge in [0.2, 0.25) is 0 Å². The van der Waals surface area contributed by atoms with Crippen molar-refractivity contribution in [3.05, 3.63) is 10.4 Å². The number of hydrogen-bond donors (Lipinski definition) is 2. The highest BCUT2D eigenvalue weighted by Gasteiger charge is 2.27. The molecule has 4 N–H and O–H groups in total. The van der Waals surface area contributed by atoms with Gasteiger partial charge in [-0.15, -0.1) is 11.3 Å². The zero-order chi connectivity index (χ0) is 15.4. The Hall–Kier alpha value is -1.76. The van der Waals surface area contributed by atoms with Crippen molar-refractivity contribution in [2.75, 3.05) is 31.3 Å². The van der Waals surface area contributed by atoms with E-state index in [1.165, 1.54) is 7.11 Å². The number of carbonyl (C=O) groups is 2. The summed E-state index contributed by atoms with van der Waals surface area (Å²) in [6.07, 6.45) is 0.959. The van der Waals surface area contributed by atoms with E-state index >= 15 is 0 Å². The number of methoxy groups -OCH3 is 1. The summed E-state index contributed by atoms with van der Waals surface area (Å²) in [6, 6.07) is 0. The second-order valence-corrected chi connectivity index (χ2v) is 5.98. The maximum absolute atomic E-state index is 11.9. The molecule has 0 aliphatic rings. The van der Waals surface area contributed by atoms with Crippen LogP contribution in [-0.2, 0) is 4.74 Å². The van der Waals surface area contributed by atoms with E-state index in [-0.39, 0.29) is 16.1 Å². The lowest BCUT2D eigenvalue weighted by atomic mass is 10.1. The van der Waals surface area contributed by atoms with Gasteiger partial charge in [-0.1, -0.05) is 13.8 Å². The molecule has 112 valence electrons. The van der Waals surface area contributed by atoms with Crippen molar-refractivity contribution in [3.8, 4) is 0 Å². The molecule has 20 heavy (non-hydrogen) atoms. The summed E-state index contributed by atoms with van der Waals surface area (Å²) in [5.74, 6) is -0.661. The quantitative estimate of drug-likeness (QED) is 0.779. The van der Waals surface area contributed by atoms with Crippen LogP contribution in [0, 0.1) is 5.92 Å². The summed E-state index contributed by atoms with van der Waals surface area (Å²) in [7, 11) is 3.13. The molecule has 1 aromatic heterocycles. The highest BCUT2D eigenvalue weighted by molar-refractivity contribution is 7.19. The number of thiophene rings is 1. The molecule has 1 amide bonds. The number of carbonyl (C=O) groups excluding carboxylic acids is 2. The van der Waals surface area contributed by atoms with Crippen LogP contribution in [0.4, 0.5) is 10.7 Å². The minimum absolute atomic E-state index is 0.0979. The summed E-state index contributed by atoms with van der Waals surface area (Å²) < 4.78 is 4.74. The third-order valence-corrected chi connectivity index (χ3v) is 4.26. The van der Waals surface area contributed by atoms with Crippen molar-refractivity contribution >= 4 is 33.9 Å². The largest absolute Gasteiger partial charge is 0.465 e. The van der Waals surface area contributed by atoms with Gasteiger partial charge in [-0.2, -0.15) is 0 Å². The monoisotopic (exact) mass is 299 g/mol. The Morgan fingerprint density at radius 1 is 1.40 bits per heavy atom. The molecule has 0 bridgehead atoms. The highest BCUT2D eigenvalue weighted by Crippen LogP contribution is 2.38. The molecule has 0 aromatic carbocycles. The SMILES string of the molecule is COC(=O)c1c(N(C)CCC(C)C)sc(C(N)=O)c1N. The number of primary amides is 1. The Morgan fingerprint density at radius 3 is 2.45 bits per heavy atom. The summed E-state index contributed by atoms with van der Waals surface area (Å²) in [5.41, 5.74) is 11.5. The van der Waals surface area contributed by atoms with E-state index in [0.717, 1.165) is 24.3 Å². The number of anilines is 2. The van der Waals surface area contributed by atoms with E-state index < -0.39 is 11.9 Å². The first-order chi connectivity index (χ1) is 9.29. The van der Waals surface area contributed by atoms with Crippen molar-refractivity contribution in [2.45, 2.75) is 20.3 Å². The molecular formula is C13H21N3O3S. The number of esters is 1. The fourth-order valence-electron chi connectivity index (χ4n) is 1.74. The van der Waals surface area contributed by atoms with Crippen LogP contribution in [0.15, 0.2) is 0 Å². The third-order valence-electron chi connectivity index (χ3n) is 2.93. The first-order valence-electron chi connectivity index (χ1n) is 6.31. The fraction of sp³-hybridized carbons (Fsp3) is 0.538. The lowest BCUT2D eigenvalue weighted by Crippen LogP contribution is -2.21. The number of nitrogen functional groups attached to an aromatic ring is 1. The number of rotatable bonds is 6. The van der Waals surface area contributed by atoms with E-state index in [0.29, 0.717) is 10.9 Å². The third kappa shape index (κ3) is 3.41. The van der Waals surface area contributed by atoms with Gasteiger partial charge >= 0.3 is 5.97 Å². The summed E-state index contributed by atoms with van der Waals surface area (Å²) in [5, 5.41) is 0.615. The molecule has 0 unspecified atom stereocenters.